The Hall–Kier alpha value is -2.34. The van der Waals surface area contributed by atoms with Crippen LogP contribution in [0.4, 0.5) is 0 Å². The van der Waals surface area contributed by atoms with Gasteiger partial charge in [-0.15, -0.1) is 0 Å². The molecule has 0 aliphatic carbocycles. The highest BCUT2D eigenvalue weighted by molar-refractivity contribution is 5.75. The molecule has 0 fully saturated rings. The van der Waals surface area contributed by atoms with E-state index in [1.807, 2.05) is 30.5 Å². The van der Waals surface area contributed by atoms with Gasteiger partial charge in [0.15, 0.2) is 6.61 Å². The molecule has 0 bridgehead atoms. The van der Waals surface area contributed by atoms with Gasteiger partial charge in [-0.05, 0) is 30.7 Å². The van der Waals surface area contributed by atoms with Gasteiger partial charge in [0, 0.05) is 25.4 Å². The molecule has 6 heteroatoms. The van der Waals surface area contributed by atoms with Crippen LogP contribution in [-0.4, -0.2) is 29.0 Å². The maximum atomic E-state index is 10.6. The number of hydrogen-bond acceptors (Lipinski definition) is 4. The van der Waals surface area contributed by atoms with Gasteiger partial charge in [-0.1, -0.05) is 12.1 Å². The molecule has 2 aromatic rings. The molecule has 0 unspecified atom stereocenters. The standard InChI is InChI=1S/C15H20N4O2/c16-14(20)11-21-13-5-3-12(4-6-13)10-17-7-1-2-15-18-8-9-19-15/h3-6,8-9,17H,1-2,7,10-11H2,(H2,16,20)(H,18,19). The lowest BCUT2D eigenvalue weighted by Crippen LogP contribution is -2.20. The average molecular weight is 288 g/mol. The Morgan fingerprint density at radius 3 is 2.81 bits per heavy atom. The van der Waals surface area contributed by atoms with Crippen molar-refractivity contribution < 1.29 is 9.53 Å². The van der Waals surface area contributed by atoms with Crippen LogP contribution in [0.5, 0.6) is 5.75 Å². The minimum atomic E-state index is -0.475. The number of H-pyrrole nitrogens is 1. The van der Waals surface area contributed by atoms with Crippen LogP contribution in [0.3, 0.4) is 0 Å². The average Bonchev–Trinajstić information content (AvgIpc) is 2.99. The zero-order chi connectivity index (χ0) is 14.9. The number of aromatic nitrogens is 2. The molecule has 0 atom stereocenters. The van der Waals surface area contributed by atoms with Crippen LogP contribution < -0.4 is 15.8 Å². The predicted octanol–water partition coefficient (Wildman–Crippen LogP) is 0.996. The monoisotopic (exact) mass is 288 g/mol. The molecule has 0 saturated heterocycles. The fraction of sp³-hybridized carbons (Fsp3) is 0.333. The third kappa shape index (κ3) is 5.66. The largest absolute Gasteiger partial charge is 0.484 e. The van der Waals surface area contributed by atoms with Crippen molar-refractivity contribution in [1.29, 1.82) is 0 Å². The highest BCUT2D eigenvalue weighted by Crippen LogP contribution is 2.11. The summed E-state index contributed by atoms with van der Waals surface area (Å²) in [6, 6.07) is 7.61. The third-order valence-electron chi connectivity index (χ3n) is 2.96. The number of aromatic amines is 1. The number of primary amides is 1. The van der Waals surface area contributed by atoms with E-state index in [0.29, 0.717) is 5.75 Å². The lowest BCUT2D eigenvalue weighted by atomic mass is 10.2. The van der Waals surface area contributed by atoms with Crippen molar-refractivity contribution in [2.75, 3.05) is 13.2 Å². The molecule has 1 amide bonds. The van der Waals surface area contributed by atoms with Crippen molar-refractivity contribution in [3.05, 3.63) is 48.0 Å². The van der Waals surface area contributed by atoms with Crippen molar-refractivity contribution in [2.45, 2.75) is 19.4 Å². The second kappa shape index (κ2) is 8.06. The molecule has 1 aromatic carbocycles. The lowest BCUT2D eigenvalue weighted by molar-refractivity contribution is -0.119. The van der Waals surface area contributed by atoms with Crippen molar-refractivity contribution in [2.24, 2.45) is 5.73 Å². The molecule has 4 N–H and O–H groups in total. The van der Waals surface area contributed by atoms with Crippen molar-refractivity contribution in [3.8, 4) is 5.75 Å². The zero-order valence-corrected chi connectivity index (χ0v) is 11.8. The minimum Gasteiger partial charge on any atom is -0.484 e. The van der Waals surface area contributed by atoms with Crippen LogP contribution in [0.15, 0.2) is 36.7 Å². The molecular formula is C15H20N4O2. The fourth-order valence-corrected chi connectivity index (χ4v) is 1.91. The van der Waals surface area contributed by atoms with Crippen LogP contribution >= 0.6 is 0 Å². The number of hydrogen-bond donors (Lipinski definition) is 3. The van der Waals surface area contributed by atoms with Gasteiger partial charge in [0.1, 0.15) is 11.6 Å². The van der Waals surface area contributed by atoms with Crippen molar-refractivity contribution in [1.82, 2.24) is 15.3 Å². The second-order valence-corrected chi connectivity index (χ2v) is 4.72. The number of carbonyl (C=O) groups excluding carboxylic acids is 1. The SMILES string of the molecule is NC(=O)COc1ccc(CNCCCc2ncc[nH]2)cc1. The molecule has 21 heavy (non-hydrogen) atoms. The van der Waals surface area contributed by atoms with Crippen LogP contribution in [-0.2, 0) is 17.8 Å². The molecular weight excluding hydrogens is 268 g/mol. The van der Waals surface area contributed by atoms with E-state index in [1.165, 1.54) is 5.56 Å². The number of rotatable bonds is 9. The maximum Gasteiger partial charge on any atom is 0.255 e. The van der Waals surface area contributed by atoms with Gasteiger partial charge in [0.05, 0.1) is 0 Å². The van der Waals surface area contributed by atoms with Gasteiger partial charge in [0.2, 0.25) is 0 Å². The third-order valence-corrected chi connectivity index (χ3v) is 2.96. The minimum absolute atomic E-state index is 0.0929. The van der Waals surface area contributed by atoms with E-state index in [9.17, 15) is 4.79 Å². The van der Waals surface area contributed by atoms with E-state index in [-0.39, 0.29) is 6.61 Å². The summed E-state index contributed by atoms with van der Waals surface area (Å²) in [6.45, 7) is 1.64. The molecule has 0 aliphatic heterocycles. The number of ether oxygens (including phenoxy) is 1. The number of nitrogens with zero attached hydrogens (tertiary/aromatic N) is 1. The number of benzene rings is 1. The summed E-state index contributed by atoms with van der Waals surface area (Å²) in [6.07, 6.45) is 5.59. The Morgan fingerprint density at radius 2 is 2.14 bits per heavy atom. The Bertz CT molecular complexity index is 537. The topological polar surface area (TPSA) is 93.0 Å². The molecule has 1 aromatic heterocycles. The first kappa shape index (κ1) is 15.1. The van der Waals surface area contributed by atoms with Crippen molar-refractivity contribution in [3.63, 3.8) is 0 Å². The van der Waals surface area contributed by atoms with E-state index in [0.717, 1.165) is 31.8 Å². The molecule has 2 rings (SSSR count). The predicted molar refractivity (Wildman–Crippen MR) is 79.7 cm³/mol. The Labute approximate surface area is 123 Å². The number of amides is 1. The molecule has 6 nitrogen and oxygen atoms in total. The number of nitrogens with one attached hydrogen (secondary N) is 2. The summed E-state index contributed by atoms with van der Waals surface area (Å²) in [5.41, 5.74) is 6.19. The Kier molecular flexibility index (Phi) is 5.78. The molecule has 1 heterocycles. The van der Waals surface area contributed by atoms with Crippen LogP contribution in [0, 0.1) is 0 Å². The first-order valence-electron chi connectivity index (χ1n) is 6.93. The van der Waals surface area contributed by atoms with E-state index >= 15 is 0 Å². The Balaban J connectivity index is 1.63. The highest BCUT2D eigenvalue weighted by atomic mass is 16.5. The van der Waals surface area contributed by atoms with Gasteiger partial charge in [-0.3, -0.25) is 4.79 Å². The fourth-order valence-electron chi connectivity index (χ4n) is 1.91. The first-order valence-corrected chi connectivity index (χ1v) is 6.93. The quantitative estimate of drug-likeness (QED) is 0.600. The van der Waals surface area contributed by atoms with Crippen molar-refractivity contribution >= 4 is 5.91 Å². The lowest BCUT2D eigenvalue weighted by Gasteiger charge is -2.07. The number of imidazole rings is 1. The molecule has 0 saturated carbocycles. The molecule has 0 radical (unpaired) electrons. The van der Waals surface area contributed by atoms with Gasteiger partial charge in [-0.2, -0.15) is 0 Å². The van der Waals surface area contributed by atoms with Gasteiger partial charge < -0.3 is 20.8 Å². The second-order valence-electron chi connectivity index (χ2n) is 4.72. The van der Waals surface area contributed by atoms with Crippen LogP contribution in [0.2, 0.25) is 0 Å². The molecule has 112 valence electrons. The van der Waals surface area contributed by atoms with Crippen LogP contribution in [0.1, 0.15) is 17.8 Å². The van der Waals surface area contributed by atoms with Crippen LogP contribution in [0.25, 0.3) is 0 Å². The van der Waals surface area contributed by atoms with Gasteiger partial charge >= 0.3 is 0 Å². The molecule has 0 spiro atoms. The summed E-state index contributed by atoms with van der Waals surface area (Å²) >= 11 is 0. The summed E-state index contributed by atoms with van der Waals surface area (Å²) in [5, 5.41) is 3.38. The highest BCUT2D eigenvalue weighted by Gasteiger charge is 1.99. The number of aryl methyl sites for hydroxylation is 1. The smallest absolute Gasteiger partial charge is 0.255 e. The molecule has 0 aliphatic rings. The van der Waals surface area contributed by atoms with E-state index in [4.69, 9.17) is 10.5 Å². The van der Waals surface area contributed by atoms with Gasteiger partial charge in [-0.25, -0.2) is 4.98 Å². The maximum absolute atomic E-state index is 10.6. The van der Waals surface area contributed by atoms with E-state index in [1.54, 1.807) is 6.20 Å². The van der Waals surface area contributed by atoms with E-state index in [2.05, 4.69) is 15.3 Å². The van der Waals surface area contributed by atoms with Gasteiger partial charge in [0.25, 0.3) is 5.91 Å². The Morgan fingerprint density at radius 1 is 1.33 bits per heavy atom. The summed E-state index contributed by atoms with van der Waals surface area (Å²) < 4.78 is 5.20. The number of carbonyl (C=O) groups is 1. The normalized spacial score (nSPS) is 10.5. The number of nitrogens with two attached hydrogens (primary N) is 1. The zero-order valence-electron chi connectivity index (χ0n) is 11.8. The first-order chi connectivity index (χ1) is 10.2. The van der Waals surface area contributed by atoms with E-state index < -0.39 is 5.91 Å². The summed E-state index contributed by atoms with van der Waals surface area (Å²) in [5.74, 6) is 1.19. The summed E-state index contributed by atoms with van der Waals surface area (Å²) in [7, 11) is 0. The summed E-state index contributed by atoms with van der Waals surface area (Å²) in [4.78, 5) is 17.9.